The molecule has 0 heterocycles. The van der Waals surface area contributed by atoms with E-state index >= 15 is 0 Å². The number of carbonyl (C=O) groups is 2. The van der Waals surface area contributed by atoms with E-state index in [0.717, 1.165) is 19.1 Å². The van der Waals surface area contributed by atoms with Crippen molar-refractivity contribution in [3.63, 3.8) is 0 Å². The highest BCUT2D eigenvalue weighted by atomic mass is 32.2. The number of benzene rings is 1. The number of nitrogens with zero attached hydrogens (tertiary/aromatic N) is 1. The highest BCUT2D eigenvalue weighted by molar-refractivity contribution is 7.88. The molecule has 0 unspecified atom stereocenters. The molecule has 0 atom stereocenters. The van der Waals surface area contributed by atoms with Crippen molar-refractivity contribution in [1.82, 2.24) is 9.62 Å². The van der Waals surface area contributed by atoms with E-state index in [9.17, 15) is 18.0 Å². The first-order valence-corrected chi connectivity index (χ1v) is 9.72. The number of amides is 2. The van der Waals surface area contributed by atoms with E-state index in [-0.39, 0.29) is 17.7 Å². The number of nitrogens with one attached hydrogen (secondary N) is 2. The highest BCUT2D eigenvalue weighted by Crippen LogP contribution is 2.30. The molecule has 2 amide bonds. The minimum atomic E-state index is -3.19. The highest BCUT2D eigenvalue weighted by Gasteiger charge is 2.29. The summed E-state index contributed by atoms with van der Waals surface area (Å²) in [6, 6.07) is 6.71. The molecule has 2 rings (SSSR count). The third-order valence-corrected chi connectivity index (χ3v) is 5.18. The lowest BCUT2D eigenvalue weighted by Gasteiger charge is -2.13. The van der Waals surface area contributed by atoms with Gasteiger partial charge in [0, 0.05) is 37.3 Å². The molecule has 8 heteroatoms. The summed E-state index contributed by atoms with van der Waals surface area (Å²) in [5, 5.41) is 5.56. The first-order valence-electron chi connectivity index (χ1n) is 7.88. The van der Waals surface area contributed by atoms with Gasteiger partial charge in [0.1, 0.15) is 0 Å². The quantitative estimate of drug-likeness (QED) is 0.683. The van der Waals surface area contributed by atoms with Crippen LogP contribution in [0, 0.1) is 5.92 Å². The number of sulfonamides is 1. The Kier molecular flexibility index (Phi) is 5.95. The van der Waals surface area contributed by atoms with Gasteiger partial charge in [-0.2, -0.15) is 0 Å². The van der Waals surface area contributed by atoms with Gasteiger partial charge in [0.2, 0.25) is 15.9 Å². The van der Waals surface area contributed by atoms with Crippen LogP contribution in [0.4, 0.5) is 5.69 Å². The summed E-state index contributed by atoms with van der Waals surface area (Å²) in [6.07, 6.45) is 3.57. The van der Waals surface area contributed by atoms with Crippen LogP contribution in [-0.2, 0) is 14.8 Å². The van der Waals surface area contributed by atoms with Crippen LogP contribution in [0.2, 0.25) is 0 Å². The van der Waals surface area contributed by atoms with Gasteiger partial charge in [0.05, 0.1) is 6.26 Å². The van der Waals surface area contributed by atoms with Crippen LogP contribution in [0.15, 0.2) is 24.3 Å². The number of carbonyl (C=O) groups excluding carboxylic acids is 2. The summed E-state index contributed by atoms with van der Waals surface area (Å²) in [7, 11) is -1.68. The summed E-state index contributed by atoms with van der Waals surface area (Å²) in [6.45, 7) is 0.740. The normalized spacial score (nSPS) is 14.5. The zero-order chi connectivity index (χ0) is 17.7. The van der Waals surface area contributed by atoms with Gasteiger partial charge in [-0.1, -0.05) is 0 Å². The zero-order valence-electron chi connectivity index (χ0n) is 13.9. The van der Waals surface area contributed by atoms with Crippen LogP contribution < -0.4 is 10.6 Å². The van der Waals surface area contributed by atoms with E-state index in [2.05, 4.69) is 10.6 Å². The molecule has 7 nitrogen and oxygen atoms in total. The Balaban J connectivity index is 1.75. The predicted molar refractivity (Wildman–Crippen MR) is 92.2 cm³/mol. The molecule has 0 bridgehead atoms. The smallest absolute Gasteiger partial charge is 0.251 e. The number of hydrogen-bond donors (Lipinski definition) is 2. The van der Waals surface area contributed by atoms with Gasteiger partial charge in [-0.05, 0) is 43.5 Å². The minimum Gasteiger partial charge on any atom is -0.352 e. The van der Waals surface area contributed by atoms with Crippen LogP contribution in [-0.4, -0.2) is 50.9 Å². The number of hydrogen-bond acceptors (Lipinski definition) is 4. The van der Waals surface area contributed by atoms with Gasteiger partial charge in [-0.3, -0.25) is 9.59 Å². The maximum absolute atomic E-state index is 12.0. The Morgan fingerprint density at radius 1 is 1.21 bits per heavy atom. The fourth-order valence-corrected chi connectivity index (χ4v) is 2.53. The molecule has 0 radical (unpaired) electrons. The van der Waals surface area contributed by atoms with E-state index in [1.54, 1.807) is 24.3 Å². The summed E-state index contributed by atoms with van der Waals surface area (Å²) in [5.41, 5.74) is 1.18. The lowest BCUT2D eigenvalue weighted by molar-refractivity contribution is -0.117. The van der Waals surface area contributed by atoms with Crippen molar-refractivity contribution in [2.45, 2.75) is 19.3 Å². The Hall–Kier alpha value is -1.93. The van der Waals surface area contributed by atoms with E-state index < -0.39 is 10.0 Å². The van der Waals surface area contributed by atoms with E-state index in [1.807, 2.05) is 0 Å². The number of rotatable bonds is 8. The molecule has 1 aromatic carbocycles. The Labute approximate surface area is 142 Å². The minimum absolute atomic E-state index is 0.0298. The van der Waals surface area contributed by atoms with Crippen LogP contribution in [0.5, 0.6) is 0 Å². The zero-order valence-corrected chi connectivity index (χ0v) is 14.7. The SMILES string of the molecule is CN(CCCNC(=O)c1ccc(NC(=O)C2CC2)cc1)S(C)(=O)=O. The van der Waals surface area contributed by atoms with Crippen LogP contribution in [0.25, 0.3) is 0 Å². The monoisotopic (exact) mass is 353 g/mol. The number of anilines is 1. The second-order valence-corrected chi connectivity index (χ2v) is 8.12. The molecule has 1 aliphatic carbocycles. The van der Waals surface area contributed by atoms with E-state index in [0.29, 0.717) is 30.8 Å². The summed E-state index contributed by atoms with van der Waals surface area (Å²) in [5.74, 6) is -0.0580. The summed E-state index contributed by atoms with van der Waals surface area (Å²) < 4.78 is 23.7. The largest absolute Gasteiger partial charge is 0.352 e. The van der Waals surface area contributed by atoms with E-state index in [4.69, 9.17) is 0 Å². The van der Waals surface area contributed by atoms with Crippen LogP contribution in [0.1, 0.15) is 29.6 Å². The first-order chi connectivity index (χ1) is 11.3. The van der Waals surface area contributed by atoms with Crippen LogP contribution in [0.3, 0.4) is 0 Å². The molecule has 1 saturated carbocycles. The summed E-state index contributed by atoms with van der Waals surface area (Å²) >= 11 is 0. The van der Waals surface area contributed by atoms with Crippen molar-refractivity contribution >= 4 is 27.5 Å². The van der Waals surface area contributed by atoms with Gasteiger partial charge < -0.3 is 10.6 Å². The molecular formula is C16H23N3O4S. The molecule has 0 aromatic heterocycles. The molecule has 0 aliphatic heterocycles. The topological polar surface area (TPSA) is 95.6 Å². The Bertz CT molecular complexity index is 697. The molecule has 1 aromatic rings. The maximum Gasteiger partial charge on any atom is 0.251 e. The standard InChI is InChI=1S/C16H23N3O4S/c1-19(24(2,22)23)11-3-10-17-15(20)12-6-8-14(9-7-12)18-16(21)13-4-5-13/h6-9,13H,3-5,10-11H2,1-2H3,(H,17,20)(H,18,21). The molecule has 132 valence electrons. The van der Waals surface area contributed by atoms with Gasteiger partial charge in [0.25, 0.3) is 5.91 Å². The van der Waals surface area contributed by atoms with Crippen molar-refractivity contribution in [3.05, 3.63) is 29.8 Å². The van der Waals surface area contributed by atoms with Gasteiger partial charge in [-0.25, -0.2) is 12.7 Å². The van der Waals surface area contributed by atoms with Crippen LogP contribution >= 0.6 is 0 Å². The third-order valence-electron chi connectivity index (χ3n) is 3.86. The van der Waals surface area contributed by atoms with Gasteiger partial charge in [-0.15, -0.1) is 0 Å². The fourth-order valence-electron chi connectivity index (χ4n) is 2.07. The average Bonchev–Trinajstić information content (AvgIpc) is 3.35. The molecule has 1 aliphatic rings. The molecule has 0 saturated heterocycles. The Morgan fingerprint density at radius 3 is 2.38 bits per heavy atom. The molecule has 1 fully saturated rings. The van der Waals surface area contributed by atoms with Crippen molar-refractivity contribution in [2.24, 2.45) is 5.92 Å². The lowest BCUT2D eigenvalue weighted by Crippen LogP contribution is -2.30. The van der Waals surface area contributed by atoms with Gasteiger partial charge in [0.15, 0.2) is 0 Å². The molecule has 2 N–H and O–H groups in total. The van der Waals surface area contributed by atoms with Crippen molar-refractivity contribution in [3.8, 4) is 0 Å². The fraction of sp³-hybridized carbons (Fsp3) is 0.500. The predicted octanol–water partition coefficient (Wildman–Crippen LogP) is 1.05. The van der Waals surface area contributed by atoms with Crippen molar-refractivity contribution in [1.29, 1.82) is 0 Å². The van der Waals surface area contributed by atoms with Crippen molar-refractivity contribution in [2.75, 3.05) is 31.7 Å². The van der Waals surface area contributed by atoms with Crippen molar-refractivity contribution < 1.29 is 18.0 Å². The Morgan fingerprint density at radius 2 is 1.83 bits per heavy atom. The lowest BCUT2D eigenvalue weighted by atomic mass is 10.2. The average molecular weight is 353 g/mol. The first kappa shape index (κ1) is 18.4. The molecule has 24 heavy (non-hydrogen) atoms. The molecular weight excluding hydrogens is 330 g/mol. The van der Waals surface area contributed by atoms with Gasteiger partial charge >= 0.3 is 0 Å². The maximum atomic E-state index is 12.0. The second kappa shape index (κ2) is 7.76. The summed E-state index contributed by atoms with van der Waals surface area (Å²) in [4.78, 5) is 23.7. The van der Waals surface area contributed by atoms with E-state index in [1.165, 1.54) is 11.4 Å². The molecule has 0 spiro atoms. The third kappa shape index (κ3) is 5.61. The second-order valence-electron chi connectivity index (χ2n) is 6.03.